The van der Waals surface area contributed by atoms with Crippen LogP contribution < -0.4 is 0 Å². The fourth-order valence-corrected chi connectivity index (χ4v) is 4.74. The van der Waals surface area contributed by atoms with Crippen molar-refractivity contribution in [1.82, 2.24) is 0 Å². The van der Waals surface area contributed by atoms with E-state index in [9.17, 15) is 34.9 Å². The molecule has 0 N–H and O–H groups in total. The van der Waals surface area contributed by atoms with Crippen molar-refractivity contribution in [2.45, 2.75) is 64.2 Å². The quantitative estimate of drug-likeness (QED) is 0.232. The molecule has 0 heterocycles. The summed E-state index contributed by atoms with van der Waals surface area (Å²) in [4.78, 5) is -0.684. The maximum absolute atomic E-state index is 14.7. The topological polar surface area (TPSA) is 57.2 Å². The van der Waals surface area contributed by atoms with Crippen molar-refractivity contribution in [3.63, 3.8) is 0 Å². The first-order valence-electron chi connectivity index (χ1n) is 9.31. The van der Waals surface area contributed by atoms with Gasteiger partial charge in [-0.05, 0) is 40.0 Å². The maximum atomic E-state index is 14.7. The van der Waals surface area contributed by atoms with Crippen LogP contribution in [0.4, 0.5) is 22.0 Å². The maximum Gasteiger partial charge on any atom is 0.200 e. The zero-order chi connectivity index (χ0) is 23.3. The van der Waals surface area contributed by atoms with Crippen LogP contribution in [0.2, 0.25) is 0 Å². The van der Waals surface area contributed by atoms with Crippen LogP contribution in [-0.4, -0.2) is 13.0 Å². The third-order valence-corrected chi connectivity index (χ3v) is 5.86. The molecule has 0 fully saturated rings. The van der Waals surface area contributed by atoms with Crippen LogP contribution in [0.5, 0.6) is 0 Å². The van der Waals surface area contributed by atoms with E-state index in [4.69, 9.17) is 0 Å². The van der Waals surface area contributed by atoms with E-state index in [2.05, 4.69) is 0 Å². The van der Waals surface area contributed by atoms with E-state index < -0.39 is 73.0 Å². The normalized spacial score (nSPS) is 12.5. The Labute approximate surface area is 172 Å². The van der Waals surface area contributed by atoms with Crippen LogP contribution in [0.1, 0.15) is 76.0 Å². The van der Waals surface area contributed by atoms with Crippen molar-refractivity contribution >= 4 is 10.1 Å². The van der Waals surface area contributed by atoms with E-state index in [0.29, 0.717) is 0 Å². The Balaban J connectivity index is 3.31. The van der Waals surface area contributed by atoms with Crippen LogP contribution >= 0.6 is 0 Å². The SMILES string of the molecule is CC(C)c1cc(C(C)C)c(S(=O)(=O)[O-])c(C(C)C)c1-c1c(F)c(F)c(F)c(F)c1F. The highest BCUT2D eigenvalue weighted by molar-refractivity contribution is 7.85. The van der Waals surface area contributed by atoms with E-state index >= 15 is 0 Å². The van der Waals surface area contributed by atoms with Crippen molar-refractivity contribution in [2.24, 2.45) is 0 Å². The Kier molecular flexibility index (Phi) is 6.68. The van der Waals surface area contributed by atoms with Crippen molar-refractivity contribution in [2.75, 3.05) is 0 Å². The highest BCUT2D eigenvalue weighted by atomic mass is 32.2. The summed E-state index contributed by atoms with van der Waals surface area (Å²) in [6, 6.07) is 1.30. The molecule has 9 heteroatoms. The largest absolute Gasteiger partial charge is 0.744 e. The highest BCUT2D eigenvalue weighted by Crippen LogP contribution is 2.45. The van der Waals surface area contributed by atoms with E-state index in [1.54, 1.807) is 27.7 Å². The first kappa shape index (κ1) is 24.3. The van der Waals surface area contributed by atoms with Gasteiger partial charge in [0.1, 0.15) is 10.1 Å². The predicted molar refractivity (Wildman–Crippen MR) is 102 cm³/mol. The molecule has 0 atom stereocenters. The molecule has 0 bridgehead atoms. The first-order chi connectivity index (χ1) is 13.6. The summed E-state index contributed by atoms with van der Waals surface area (Å²) in [6.07, 6.45) is 0. The minimum absolute atomic E-state index is 0.130. The summed E-state index contributed by atoms with van der Waals surface area (Å²) < 4.78 is 107. The van der Waals surface area contributed by atoms with Crippen LogP contribution in [-0.2, 0) is 10.1 Å². The lowest BCUT2D eigenvalue weighted by atomic mass is 9.81. The molecule has 2 aromatic rings. The second kappa shape index (κ2) is 8.26. The van der Waals surface area contributed by atoms with Gasteiger partial charge in [-0.25, -0.2) is 30.4 Å². The smallest absolute Gasteiger partial charge is 0.200 e. The van der Waals surface area contributed by atoms with Gasteiger partial charge in [0.15, 0.2) is 23.3 Å². The van der Waals surface area contributed by atoms with Crippen LogP contribution in [0.25, 0.3) is 11.1 Å². The fourth-order valence-electron chi connectivity index (χ4n) is 3.55. The van der Waals surface area contributed by atoms with Gasteiger partial charge >= 0.3 is 0 Å². The molecule has 0 spiro atoms. The van der Waals surface area contributed by atoms with E-state index in [-0.39, 0.29) is 16.7 Å². The summed E-state index contributed by atoms with van der Waals surface area (Å²) in [5.41, 5.74) is -1.64. The molecule has 2 rings (SSSR count). The minimum Gasteiger partial charge on any atom is -0.744 e. The van der Waals surface area contributed by atoms with Crippen molar-refractivity contribution in [3.8, 4) is 11.1 Å². The Bertz CT molecular complexity index is 1080. The number of halogens is 5. The van der Waals surface area contributed by atoms with Gasteiger partial charge in [-0.1, -0.05) is 47.6 Å². The second-order valence-corrected chi connectivity index (χ2v) is 9.35. The van der Waals surface area contributed by atoms with Crippen LogP contribution in [0, 0.1) is 29.1 Å². The molecule has 0 aliphatic rings. The number of benzene rings is 2. The lowest BCUT2D eigenvalue weighted by Crippen LogP contribution is -2.16. The summed E-state index contributed by atoms with van der Waals surface area (Å²) in [6.45, 7) is 9.49. The second-order valence-electron chi connectivity index (χ2n) is 8.04. The monoisotopic (exact) mass is 449 g/mol. The predicted octanol–water partition coefficient (Wildman–Crippen LogP) is 6.32. The molecule has 30 heavy (non-hydrogen) atoms. The van der Waals surface area contributed by atoms with Crippen molar-refractivity contribution in [1.29, 1.82) is 0 Å². The van der Waals surface area contributed by atoms with Crippen LogP contribution in [0.3, 0.4) is 0 Å². The minimum atomic E-state index is -5.14. The molecule has 0 aromatic heterocycles. The summed E-state index contributed by atoms with van der Waals surface area (Å²) in [5.74, 6) is -12.5. The van der Waals surface area contributed by atoms with Gasteiger partial charge in [0, 0.05) is 0 Å². The Hall–Kier alpha value is -2.00. The summed E-state index contributed by atoms with van der Waals surface area (Å²) >= 11 is 0. The number of rotatable bonds is 5. The molecule has 0 aliphatic carbocycles. The summed E-state index contributed by atoms with van der Waals surface area (Å²) in [5, 5.41) is 0. The van der Waals surface area contributed by atoms with Gasteiger partial charge in [0.25, 0.3) is 0 Å². The zero-order valence-corrected chi connectivity index (χ0v) is 18.1. The highest BCUT2D eigenvalue weighted by Gasteiger charge is 2.33. The Morgan fingerprint density at radius 2 is 1.07 bits per heavy atom. The molecular weight excluding hydrogens is 427 g/mol. The average molecular weight is 449 g/mol. The standard InChI is InChI=1S/C21H23F5O3S/c1-8(2)11-7-12(9(3)4)21(30(27,28)29)13(10(5)6)14(11)15-16(22)18(24)20(26)19(25)17(15)23/h7-10H,1-6H3,(H,27,28,29)/p-1. The molecule has 0 unspecified atom stereocenters. The molecule has 0 aliphatic heterocycles. The van der Waals surface area contributed by atoms with Gasteiger partial charge in [0.05, 0.1) is 10.5 Å². The molecule has 0 radical (unpaired) electrons. The third kappa shape index (κ3) is 3.97. The van der Waals surface area contributed by atoms with E-state index in [1.807, 2.05) is 0 Å². The lowest BCUT2D eigenvalue weighted by molar-refractivity contribution is 0.381. The molecular formula is C21H22F5O3S-. The number of hydrogen-bond acceptors (Lipinski definition) is 3. The number of hydrogen-bond donors (Lipinski definition) is 0. The van der Waals surface area contributed by atoms with Crippen molar-refractivity contribution < 1.29 is 34.9 Å². The van der Waals surface area contributed by atoms with Crippen LogP contribution in [0.15, 0.2) is 11.0 Å². The molecule has 3 nitrogen and oxygen atoms in total. The van der Waals surface area contributed by atoms with Crippen molar-refractivity contribution in [3.05, 3.63) is 51.8 Å². The summed E-state index contributed by atoms with van der Waals surface area (Å²) in [7, 11) is -5.14. The first-order valence-corrected chi connectivity index (χ1v) is 10.7. The van der Waals surface area contributed by atoms with Gasteiger partial charge in [-0.2, -0.15) is 0 Å². The van der Waals surface area contributed by atoms with Gasteiger partial charge in [-0.15, -0.1) is 0 Å². The van der Waals surface area contributed by atoms with Gasteiger partial charge < -0.3 is 4.55 Å². The molecule has 0 amide bonds. The molecule has 0 saturated heterocycles. The molecule has 166 valence electrons. The Morgan fingerprint density at radius 1 is 0.667 bits per heavy atom. The molecule has 0 saturated carbocycles. The van der Waals surface area contributed by atoms with E-state index in [1.165, 1.54) is 19.9 Å². The fraction of sp³-hybridized carbons (Fsp3) is 0.429. The Morgan fingerprint density at radius 3 is 1.40 bits per heavy atom. The third-order valence-electron chi connectivity index (χ3n) is 4.91. The average Bonchev–Trinajstić information content (AvgIpc) is 2.62. The van der Waals surface area contributed by atoms with Gasteiger partial charge in [0.2, 0.25) is 5.82 Å². The molecule has 2 aromatic carbocycles. The van der Waals surface area contributed by atoms with E-state index in [0.717, 1.165) is 0 Å². The lowest BCUT2D eigenvalue weighted by Gasteiger charge is -2.29. The zero-order valence-electron chi connectivity index (χ0n) is 17.3. The van der Waals surface area contributed by atoms with Gasteiger partial charge in [-0.3, -0.25) is 0 Å².